The molecular weight excluding hydrogens is 232 g/mol. The molecule has 0 aliphatic rings. The van der Waals surface area contributed by atoms with Crippen molar-refractivity contribution in [1.82, 2.24) is 4.98 Å². The van der Waals surface area contributed by atoms with E-state index in [2.05, 4.69) is 27.0 Å². The Balaban J connectivity index is 3.24. The number of pyridine rings is 1. The Labute approximate surface area is 85.5 Å². The highest BCUT2D eigenvalue weighted by atomic mass is 79.9. The first-order valence-electron chi connectivity index (χ1n) is 3.77. The highest BCUT2D eigenvalue weighted by Gasteiger charge is 2.14. The molecule has 0 saturated carbocycles. The minimum absolute atomic E-state index is 0.202. The van der Waals surface area contributed by atoms with Crippen molar-refractivity contribution in [2.45, 2.75) is 12.8 Å². The maximum Gasteiger partial charge on any atom is 0.142 e. The first kappa shape index (κ1) is 10.0. The third kappa shape index (κ3) is 1.99. The Morgan fingerprint density at radius 1 is 1.62 bits per heavy atom. The van der Waals surface area contributed by atoms with Gasteiger partial charge in [0.2, 0.25) is 0 Å². The van der Waals surface area contributed by atoms with Gasteiger partial charge in [0.15, 0.2) is 0 Å². The average molecular weight is 241 g/mol. The number of nitrogens with zero attached hydrogens (tertiary/aromatic N) is 2. The molecule has 13 heavy (non-hydrogen) atoms. The Morgan fingerprint density at radius 2 is 2.31 bits per heavy atom. The van der Waals surface area contributed by atoms with Crippen molar-refractivity contribution in [2.75, 3.05) is 7.11 Å². The van der Waals surface area contributed by atoms with Gasteiger partial charge in [0.1, 0.15) is 5.75 Å². The fraction of sp³-hybridized carbons (Fsp3) is 0.333. The van der Waals surface area contributed by atoms with E-state index in [1.165, 1.54) is 0 Å². The molecule has 0 radical (unpaired) electrons. The smallest absolute Gasteiger partial charge is 0.142 e. The van der Waals surface area contributed by atoms with E-state index >= 15 is 0 Å². The van der Waals surface area contributed by atoms with E-state index in [1.54, 1.807) is 19.5 Å². The van der Waals surface area contributed by atoms with Gasteiger partial charge in [-0.15, -0.1) is 0 Å². The first-order valence-corrected chi connectivity index (χ1v) is 4.57. The molecule has 1 atom stereocenters. The Bertz CT molecular complexity index is 346. The van der Waals surface area contributed by atoms with Crippen LogP contribution < -0.4 is 4.74 Å². The quantitative estimate of drug-likeness (QED) is 0.798. The van der Waals surface area contributed by atoms with Crippen LogP contribution in [0.1, 0.15) is 18.4 Å². The fourth-order valence-electron chi connectivity index (χ4n) is 1.07. The number of nitriles is 1. The van der Waals surface area contributed by atoms with E-state index < -0.39 is 0 Å². The fourth-order valence-corrected chi connectivity index (χ4v) is 1.73. The summed E-state index contributed by atoms with van der Waals surface area (Å²) in [6.07, 6.45) is 3.26. The summed E-state index contributed by atoms with van der Waals surface area (Å²) in [6, 6.07) is 2.16. The lowest BCUT2D eigenvalue weighted by atomic mass is 10.0. The monoisotopic (exact) mass is 240 g/mol. The van der Waals surface area contributed by atoms with E-state index in [4.69, 9.17) is 10.00 Å². The standard InChI is InChI=1S/C9H9BrN2O/c1-6(3-11)9-7(10)4-12-5-8(9)13-2/h4-6H,1-2H3. The summed E-state index contributed by atoms with van der Waals surface area (Å²) in [5.41, 5.74) is 0.847. The number of halogens is 1. The highest BCUT2D eigenvalue weighted by Crippen LogP contribution is 2.31. The maximum absolute atomic E-state index is 8.79. The molecule has 1 unspecified atom stereocenters. The van der Waals surface area contributed by atoms with Crippen LogP contribution in [0.15, 0.2) is 16.9 Å². The molecule has 0 N–H and O–H groups in total. The van der Waals surface area contributed by atoms with Gasteiger partial charge in [0, 0.05) is 16.2 Å². The predicted molar refractivity (Wildman–Crippen MR) is 52.5 cm³/mol. The molecule has 3 nitrogen and oxygen atoms in total. The lowest BCUT2D eigenvalue weighted by molar-refractivity contribution is 0.406. The van der Waals surface area contributed by atoms with Gasteiger partial charge in [0.05, 0.1) is 25.3 Å². The highest BCUT2D eigenvalue weighted by molar-refractivity contribution is 9.10. The predicted octanol–water partition coefficient (Wildman–Crippen LogP) is 2.48. The van der Waals surface area contributed by atoms with E-state index in [0.29, 0.717) is 5.75 Å². The van der Waals surface area contributed by atoms with Crippen molar-refractivity contribution in [1.29, 1.82) is 5.26 Å². The van der Waals surface area contributed by atoms with Crippen molar-refractivity contribution in [3.63, 3.8) is 0 Å². The second-order valence-corrected chi connectivity index (χ2v) is 3.44. The number of ether oxygens (including phenoxy) is 1. The van der Waals surface area contributed by atoms with Crippen LogP contribution >= 0.6 is 15.9 Å². The van der Waals surface area contributed by atoms with Crippen LogP contribution in [0.3, 0.4) is 0 Å². The zero-order valence-electron chi connectivity index (χ0n) is 7.41. The lowest BCUT2D eigenvalue weighted by Gasteiger charge is -2.10. The third-order valence-electron chi connectivity index (χ3n) is 1.75. The largest absolute Gasteiger partial charge is 0.495 e. The van der Waals surface area contributed by atoms with Crippen LogP contribution in [0.25, 0.3) is 0 Å². The average Bonchev–Trinajstić information content (AvgIpc) is 2.16. The van der Waals surface area contributed by atoms with Crippen LogP contribution in [-0.2, 0) is 0 Å². The molecule has 0 aromatic carbocycles. The van der Waals surface area contributed by atoms with Crippen molar-refractivity contribution in [3.05, 3.63) is 22.4 Å². The molecule has 1 aromatic rings. The van der Waals surface area contributed by atoms with Crippen molar-refractivity contribution >= 4 is 15.9 Å². The Morgan fingerprint density at radius 3 is 2.85 bits per heavy atom. The molecule has 1 rings (SSSR count). The zero-order chi connectivity index (χ0) is 9.84. The number of aromatic nitrogens is 1. The van der Waals surface area contributed by atoms with E-state index in [0.717, 1.165) is 10.0 Å². The number of hydrogen-bond acceptors (Lipinski definition) is 3. The van der Waals surface area contributed by atoms with Crippen LogP contribution in [0, 0.1) is 11.3 Å². The van der Waals surface area contributed by atoms with Crippen molar-refractivity contribution in [2.24, 2.45) is 0 Å². The molecule has 68 valence electrons. The van der Waals surface area contributed by atoms with Gasteiger partial charge < -0.3 is 4.74 Å². The molecule has 1 aromatic heterocycles. The second kappa shape index (κ2) is 4.24. The molecule has 0 fully saturated rings. The van der Waals surface area contributed by atoms with E-state index in [1.807, 2.05) is 6.92 Å². The summed E-state index contributed by atoms with van der Waals surface area (Å²) in [5, 5.41) is 8.79. The van der Waals surface area contributed by atoms with Gasteiger partial charge in [-0.2, -0.15) is 5.26 Å². The van der Waals surface area contributed by atoms with Crippen LogP contribution in [0.5, 0.6) is 5.75 Å². The minimum atomic E-state index is -0.202. The number of rotatable bonds is 2. The summed E-state index contributed by atoms with van der Waals surface area (Å²) in [4.78, 5) is 3.95. The van der Waals surface area contributed by atoms with Gasteiger partial charge in [-0.1, -0.05) is 0 Å². The van der Waals surface area contributed by atoms with Crippen molar-refractivity contribution < 1.29 is 4.74 Å². The zero-order valence-corrected chi connectivity index (χ0v) is 9.00. The number of methoxy groups -OCH3 is 1. The summed E-state index contributed by atoms with van der Waals surface area (Å²) in [6.45, 7) is 1.82. The third-order valence-corrected chi connectivity index (χ3v) is 2.38. The molecule has 0 bridgehead atoms. The molecule has 0 aliphatic carbocycles. The molecule has 1 heterocycles. The van der Waals surface area contributed by atoms with Crippen LogP contribution in [-0.4, -0.2) is 12.1 Å². The second-order valence-electron chi connectivity index (χ2n) is 2.59. The first-order chi connectivity index (χ1) is 6.20. The summed E-state index contributed by atoms with van der Waals surface area (Å²) < 4.78 is 5.91. The summed E-state index contributed by atoms with van der Waals surface area (Å²) >= 11 is 3.34. The van der Waals surface area contributed by atoms with E-state index in [9.17, 15) is 0 Å². The van der Waals surface area contributed by atoms with E-state index in [-0.39, 0.29) is 5.92 Å². The molecule has 4 heteroatoms. The SMILES string of the molecule is COc1cncc(Br)c1C(C)C#N. The molecule has 0 aliphatic heterocycles. The van der Waals surface area contributed by atoms with Crippen LogP contribution in [0.2, 0.25) is 0 Å². The normalized spacial score (nSPS) is 11.8. The molecular formula is C9H9BrN2O. The maximum atomic E-state index is 8.79. The minimum Gasteiger partial charge on any atom is -0.495 e. The van der Waals surface area contributed by atoms with Gasteiger partial charge in [0.25, 0.3) is 0 Å². The Kier molecular flexibility index (Phi) is 3.26. The van der Waals surface area contributed by atoms with Gasteiger partial charge in [-0.25, -0.2) is 0 Å². The Hall–Kier alpha value is -1.08. The van der Waals surface area contributed by atoms with Crippen molar-refractivity contribution in [3.8, 4) is 11.8 Å². The lowest BCUT2D eigenvalue weighted by Crippen LogP contribution is -1.97. The molecule has 0 saturated heterocycles. The number of hydrogen-bond donors (Lipinski definition) is 0. The van der Waals surface area contributed by atoms with Crippen LogP contribution in [0.4, 0.5) is 0 Å². The van der Waals surface area contributed by atoms with Gasteiger partial charge in [-0.3, -0.25) is 4.98 Å². The summed E-state index contributed by atoms with van der Waals surface area (Å²) in [5.74, 6) is 0.441. The van der Waals surface area contributed by atoms with Gasteiger partial charge >= 0.3 is 0 Å². The molecule has 0 spiro atoms. The topological polar surface area (TPSA) is 45.9 Å². The summed E-state index contributed by atoms with van der Waals surface area (Å²) in [7, 11) is 1.57. The molecule has 0 amide bonds. The van der Waals surface area contributed by atoms with Gasteiger partial charge in [-0.05, 0) is 22.9 Å².